The van der Waals surface area contributed by atoms with E-state index in [0.29, 0.717) is 41.3 Å². The maximum absolute atomic E-state index is 13.0. The highest BCUT2D eigenvalue weighted by atomic mass is 32.2. The Labute approximate surface area is 170 Å². The SMILES string of the molecule is CS(=O)c1cc(CCC(=O)O)ccc1N1CCN(c2ccc(C(=N)N)cc2)C1=O. The zero-order valence-corrected chi connectivity index (χ0v) is 16.7. The molecule has 2 aromatic carbocycles. The Hall–Kier alpha value is -3.20. The van der Waals surface area contributed by atoms with Crippen LogP contribution in [-0.4, -0.2) is 46.5 Å². The maximum atomic E-state index is 13.0. The minimum Gasteiger partial charge on any atom is -0.481 e. The van der Waals surface area contributed by atoms with Crippen molar-refractivity contribution in [2.75, 3.05) is 29.1 Å². The maximum Gasteiger partial charge on any atom is 0.329 e. The van der Waals surface area contributed by atoms with E-state index in [4.69, 9.17) is 16.2 Å². The zero-order valence-electron chi connectivity index (χ0n) is 15.9. The molecular weight excluding hydrogens is 392 g/mol. The molecule has 0 bridgehead atoms. The summed E-state index contributed by atoms with van der Waals surface area (Å²) in [5.41, 5.74) is 8.08. The number of carboxylic acids is 1. The van der Waals surface area contributed by atoms with E-state index in [1.54, 1.807) is 58.5 Å². The third-order valence-electron chi connectivity index (χ3n) is 4.75. The molecule has 9 heteroatoms. The fourth-order valence-corrected chi connectivity index (χ4v) is 4.03. The molecule has 2 amide bonds. The molecule has 1 saturated heterocycles. The normalized spacial score (nSPS) is 14.9. The summed E-state index contributed by atoms with van der Waals surface area (Å²) in [6.45, 7) is 0.904. The second-order valence-corrected chi connectivity index (χ2v) is 8.04. The molecule has 1 atom stereocenters. The minimum atomic E-state index is -1.34. The number of aliphatic carboxylic acids is 1. The van der Waals surface area contributed by atoms with E-state index >= 15 is 0 Å². The van der Waals surface area contributed by atoms with Crippen molar-refractivity contribution < 1.29 is 18.9 Å². The second kappa shape index (κ2) is 8.44. The molecule has 0 aliphatic carbocycles. The van der Waals surface area contributed by atoms with Gasteiger partial charge in [-0.15, -0.1) is 0 Å². The van der Waals surface area contributed by atoms with Crippen molar-refractivity contribution in [2.45, 2.75) is 17.7 Å². The van der Waals surface area contributed by atoms with Gasteiger partial charge < -0.3 is 10.8 Å². The van der Waals surface area contributed by atoms with E-state index in [1.807, 2.05) is 0 Å². The molecule has 152 valence electrons. The smallest absolute Gasteiger partial charge is 0.329 e. The van der Waals surface area contributed by atoms with Gasteiger partial charge in [0.05, 0.1) is 21.4 Å². The first-order valence-electron chi connectivity index (χ1n) is 8.99. The number of carbonyl (C=O) groups excluding carboxylic acids is 1. The van der Waals surface area contributed by atoms with Gasteiger partial charge in [0.1, 0.15) is 5.84 Å². The Morgan fingerprint density at radius 3 is 2.41 bits per heavy atom. The third-order valence-corrected chi connectivity index (χ3v) is 5.70. The van der Waals surface area contributed by atoms with Gasteiger partial charge in [-0.2, -0.15) is 0 Å². The van der Waals surface area contributed by atoms with Gasteiger partial charge in [-0.25, -0.2) is 4.79 Å². The molecular formula is C20H22N4O4S. The third kappa shape index (κ3) is 4.45. The van der Waals surface area contributed by atoms with Crippen LogP contribution < -0.4 is 15.5 Å². The first-order valence-corrected chi connectivity index (χ1v) is 10.6. The summed E-state index contributed by atoms with van der Waals surface area (Å²) in [4.78, 5) is 27.5. The molecule has 8 nitrogen and oxygen atoms in total. The molecule has 1 fully saturated rings. The summed E-state index contributed by atoms with van der Waals surface area (Å²) >= 11 is 0. The Kier molecular flexibility index (Phi) is 5.97. The number of nitrogens with one attached hydrogen (secondary N) is 1. The Morgan fingerprint density at radius 1 is 1.17 bits per heavy atom. The van der Waals surface area contributed by atoms with Gasteiger partial charge in [0.2, 0.25) is 0 Å². The van der Waals surface area contributed by atoms with Crippen molar-refractivity contribution in [2.24, 2.45) is 5.73 Å². The quantitative estimate of drug-likeness (QED) is 0.473. The van der Waals surface area contributed by atoms with Crippen LogP contribution in [0.4, 0.5) is 16.2 Å². The predicted octanol–water partition coefficient (Wildman–Crippen LogP) is 2.17. The lowest BCUT2D eigenvalue weighted by atomic mass is 10.1. The molecule has 3 rings (SSSR count). The first-order chi connectivity index (χ1) is 13.8. The average Bonchev–Trinajstić information content (AvgIpc) is 3.07. The Balaban J connectivity index is 1.85. The van der Waals surface area contributed by atoms with Gasteiger partial charge in [0.15, 0.2) is 0 Å². The number of amides is 2. The lowest BCUT2D eigenvalue weighted by molar-refractivity contribution is -0.136. The molecule has 4 N–H and O–H groups in total. The van der Waals surface area contributed by atoms with Crippen LogP contribution in [0, 0.1) is 5.41 Å². The monoisotopic (exact) mass is 414 g/mol. The number of rotatable bonds is 7. The number of benzene rings is 2. The van der Waals surface area contributed by atoms with Crippen LogP contribution in [0.15, 0.2) is 47.4 Å². The first kappa shape index (κ1) is 20.5. The van der Waals surface area contributed by atoms with Crippen LogP contribution >= 0.6 is 0 Å². The van der Waals surface area contributed by atoms with E-state index in [-0.39, 0.29) is 18.3 Å². The fraction of sp³-hybridized carbons (Fsp3) is 0.250. The number of nitrogens with zero attached hydrogens (tertiary/aromatic N) is 2. The molecule has 29 heavy (non-hydrogen) atoms. The van der Waals surface area contributed by atoms with Crippen molar-refractivity contribution in [3.05, 3.63) is 53.6 Å². The number of carboxylic acid groups (broad SMARTS) is 1. The highest BCUT2D eigenvalue weighted by molar-refractivity contribution is 7.84. The molecule has 1 unspecified atom stereocenters. The highest BCUT2D eigenvalue weighted by Crippen LogP contribution is 2.30. The van der Waals surface area contributed by atoms with Crippen molar-refractivity contribution in [3.63, 3.8) is 0 Å². The minimum absolute atomic E-state index is 0.0121. The molecule has 1 aliphatic heterocycles. The number of nitrogens with two attached hydrogens (primary N) is 1. The predicted molar refractivity (Wildman–Crippen MR) is 112 cm³/mol. The number of anilines is 2. The molecule has 0 aromatic heterocycles. The number of hydrogen-bond donors (Lipinski definition) is 3. The fourth-order valence-electron chi connectivity index (χ4n) is 3.24. The van der Waals surface area contributed by atoms with Gasteiger partial charge in [0.25, 0.3) is 0 Å². The van der Waals surface area contributed by atoms with Crippen LogP contribution in [0.1, 0.15) is 17.5 Å². The van der Waals surface area contributed by atoms with Gasteiger partial charge in [-0.1, -0.05) is 6.07 Å². The average molecular weight is 414 g/mol. The van der Waals surface area contributed by atoms with Gasteiger partial charge in [-0.3, -0.25) is 24.2 Å². The van der Waals surface area contributed by atoms with E-state index in [1.165, 1.54) is 0 Å². The summed E-state index contributed by atoms with van der Waals surface area (Å²) < 4.78 is 12.3. The molecule has 1 heterocycles. The summed E-state index contributed by atoms with van der Waals surface area (Å²) in [6.07, 6.45) is 1.86. The Bertz CT molecular complexity index is 990. The molecule has 0 spiro atoms. The van der Waals surface area contributed by atoms with Crippen LogP contribution in [0.25, 0.3) is 0 Å². The number of hydrogen-bond acceptors (Lipinski definition) is 4. The highest BCUT2D eigenvalue weighted by Gasteiger charge is 2.32. The number of aryl methyl sites for hydroxylation is 1. The summed E-state index contributed by atoms with van der Waals surface area (Å²) in [7, 11) is -1.34. The van der Waals surface area contributed by atoms with Crippen LogP contribution in [0.3, 0.4) is 0 Å². The summed E-state index contributed by atoms with van der Waals surface area (Å²) in [5, 5.41) is 16.3. The van der Waals surface area contributed by atoms with Crippen molar-refractivity contribution in [3.8, 4) is 0 Å². The van der Waals surface area contributed by atoms with E-state index < -0.39 is 16.8 Å². The summed E-state index contributed by atoms with van der Waals surface area (Å²) in [5.74, 6) is -0.932. The Morgan fingerprint density at radius 2 is 1.83 bits per heavy atom. The topological polar surface area (TPSA) is 128 Å². The lowest BCUT2D eigenvalue weighted by Crippen LogP contribution is -2.32. The van der Waals surface area contributed by atoms with Crippen molar-refractivity contribution in [1.82, 2.24) is 0 Å². The van der Waals surface area contributed by atoms with Gasteiger partial charge in [-0.05, 0) is 48.4 Å². The molecule has 0 radical (unpaired) electrons. The number of urea groups is 1. The van der Waals surface area contributed by atoms with Crippen molar-refractivity contribution in [1.29, 1.82) is 5.41 Å². The van der Waals surface area contributed by atoms with Crippen LogP contribution in [0.2, 0.25) is 0 Å². The van der Waals surface area contributed by atoms with E-state index in [2.05, 4.69) is 0 Å². The van der Waals surface area contributed by atoms with E-state index in [9.17, 15) is 13.8 Å². The lowest BCUT2D eigenvalue weighted by Gasteiger charge is -2.21. The van der Waals surface area contributed by atoms with Gasteiger partial charge in [0, 0.05) is 37.0 Å². The van der Waals surface area contributed by atoms with Crippen LogP contribution in [-0.2, 0) is 22.0 Å². The number of nitrogen functional groups attached to an aromatic ring is 1. The molecule has 2 aromatic rings. The number of carbonyl (C=O) groups is 2. The largest absolute Gasteiger partial charge is 0.481 e. The molecule has 1 aliphatic rings. The van der Waals surface area contributed by atoms with Crippen molar-refractivity contribution >= 4 is 40.0 Å². The molecule has 0 saturated carbocycles. The second-order valence-electron chi connectivity index (χ2n) is 6.70. The van der Waals surface area contributed by atoms with Gasteiger partial charge >= 0.3 is 12.0 Å². The standard InChI is InChI=1S/C20H22N4O4S/c1-29(28)17-12-13(3-9-18(25)26)2-8-16(17)24-11-10-23(20(24)27)15-6-4-14(5-7-15)19(21)22/h2,4-8,12H,3,9-11H2,1H3,(H3,21,22)(H,25,26). The van der Waals surface area contributed by atoms with E-state index in [0.717, 1.165) is 5.56 Å². The summed E-state index contributed by atoms with van der Waals surface area (Å²) in [6, 6.07) is 11.9. The zero-order chi connectivity index (χ0) is 21.1. The number of amidine groups is 1. The van der Waals surface area contributed by atoms with Crippen LogP contribution in [0.5, 0.6) is 0 Å².